The first-order valence-electron chi connectivity index (χ1n) is 41.2. The predicted octanol–water partition coefficient (Wildman–Crippen LogP) is 23.6. The molecule has 0 bridgehead atoms. The van der Waals surface area contributed by atoms with E-state index in [-0.39, 0.29) is 25.7 Å². The lowest BCUT2D eigenvalue weighted by atomic mass is 10.00. The van der Waals surface area contributed by atoms with Crippen molar-refractivity contribution in [2.45, 2.75) is 427 Å². The second-order valence-corrected chi connectivity index (χ2v) is 33.4. The maximum Gasteiger partial charge on any atom is 0.472 e. The third-order valence-corrected chi connectivity index (χ3v) is 20.8. The highest BCUT2D eigenvalue weighted by molar-refractivity contribution is 7.47. The molecule has 0 saturated carbocycles. The van der Waals surface area contributed by atoms with E-state index in [2.05, 4.69) is 55.4 Å². The van der Waals surface area contributed by atoms with Crippen LogP contribution in [0.4, 0.5) is 0 Å². The molecule has 99 heavy (non-hydrogen) atoms. The normalized spacial score (nSPS) is 14.3. The number of unbranched alkanes of at least 4 members (excludes halogenated alkanes) is 42. The minimum absolute atomic E-state index is 0.106. The van der Waals surface area contributed by atoms with Gasteiger partial charge in [0.15, 0.2) is 12.2 Å². The van der Waals surface area contributed by atoms with Gasteiger partial charge in [0.25, 0.3) is 0 Å². The zero-order valence-electron chi connectivity index (χ0n) is 65.1. The van der Waals surface area contributed by atoms with E-state index >= 15 is 0 Å². The van der Waals surface area contributed by atoms with Crippen LogP contribution in [0.2, 0.25) is 0 Å². The van der Waals surface area contributed by atoms with Crippen molar-refractivity contribution in [2.24, 2.45) is 23.7 Å². The highest BCUT2D eigenvalue weighted by Crippen LogP contribution is 2.45. The van der Waals surface area contributed by atoms with Gasteiger partial charge in [0, 0.05) is 25.7 Å². The topological polar surface area (TPSA) is 237 Å². The molecule has 3 unspecified atom stereocenters. The number of ether oxygens (including phenoxy) is 4. The summed E-state index contributed by atoms with van der Waals surface area (Å²) < 4.78 is 68.7. The summed E-state index contributed by atoms with van der Waals surface area (Å²) in [6.07, 6.45) is 55.5. The lowest BCUT2D eigenvalue weighted by Crippen LogP contribution is -2.30. The predicted molar refractivity (Wildman–Crippen MR) is 404 cm³/mol. The number of hydrogen-bond acceptors (Lipinski definition) is 15. The molecular formula is C80H156O17P2. The van der Waals surface area contributed by atoms with Crippen LogP contribution >= 0.6 is 15.6 Å². The zero-order valence-corrected chi connectivity index (χ0v) is 66.9. The van der Waals surface area contributed by atoms with Crippen LogP contribution in [0.5, 0.6) is 0 Å². The van der Waals surface area contributed by atoms with Gasteiger partial charge in [0.05, 0.1) is 26.4 Å². The minimum atomic E-state index is -4.96. The molecule has 0 spiro atoms. The van der Waals surface area contributed by atoms with Crippen LogP contribution in [0.25, 0.3) is 0 Å². The van der Waals surface area contributed by atoms with Crippen molar-refractivity contribution in [3.63, 3.8) is 0 Å². The van der Waals surface area contributed by atoms with E-state index in [1.165, 1.54) is 205 Å². The van der Waals surface area contributed by atoms with Crippen molar-refractivity contribution in [2.75, 3.05) is 39.6 Å². The van der Waals surface area contributed by atoms with Crippen molar-refractivity contribution < 1.29 is 80.2 Å². The summed E-state index contributed by atoms with van der Waals surface area (Å²) in [7, 11) is -9.92. The van der Waals surface area contributed by atoms with Gasteiger partial charge >= 0.3 is 39.5 Å². The molecule has 0 aliphatic carbocycles. The fraction of sp³-hybridized carbons (Fsp3) is 0.950. The monoisotopic (exact) mass is 1450 g/mol. The van der Waals surface area contributed by atoms with Crippen molar-refractivity contribution in [3.05, 3.63) is 0 Å². The van der Waals surface area contributed by atoms with Crippen LogP contribution in [-0.2, 0) is 65.4 Å². The molecule has 0 saturated heterocycles. The van der Waals surface area contributed by atoms with Gasteiger partial charge in [-0.25, -0.2) is 9.13 Å². The SMILES string of the molecule is CCC(C)CCCCCCCCC(=O)OC[C@H](COP(=O)(O)OC[C@H](O)COP(=O)(O)OC[C@@H](COC(=O)CCCCCCCCCCCCCCC(C)C)OC(=O)CCCCCCCCCCCCCCCCCC(C)C)OC(=O)CCCCCCCCCCCCCCCC(C)C. The maximum atomic E-state index is 13.1. The molecule has 0 aromatic heterocycles. The first kappa shape index (κ1) is 97.1. The maximum absolute atomic E-state index is 13.1. The summed E-state index contributed by atoms with van der Waals surface area (Å²) in [5.74, 6) is 0.986. The summed E-state index contributed by atoms with van der Waals surface area (Å²) in [6.45, 7) is 14.3. The Morgan fingerprint density at radius 2 is 0.485 bits per heavy atom. The molecule has 0 aliphatic heterocycles. The van der Waals surface area contributed by atoms with Gasteiger partial charge in [-0.3, -0.25) is 37.3 Å². The Bertz CT molecular complexity index is 1940. The molecule has 0 fully saturated rings. The van der Waals surface area contributed by atoms with Gasteiger partial charge in [-0.15, -0.1) is 0 Å². The molecular weight excluding hydrogens is 1290 g/mol. The summed E-state index contributed by atoms with van der Waals surface area (Å²) in [6, 6.07) is 0. The van der Waals surface area contributed by atoms with Crippen LogP contribution in [0, 0.1) is 23.7 Å². The van der Waals surface area contributed by atoms with Gasteiger partial charge in [-0.1, -0.05) is 357 Å². The standard InChI is InChI=1S/C80H156O17P2/c1-9-73(8)59-51-43-38-39-45-53-61-78(83)91-67-76(97-80(85)63-55-47-37-31-25-17-13-15-21-27-33-41-49-57-71(4)5)69-95-99(88,89)93-65-74(81)64-92-98(86,87)94-68-75(66-90-77(82)60-52-44-35-29-23-19-18-22-28-34-42-50-58-72(6)7)96-79(84)62-54-46-36-30-24-16-12-10-11-14-20-26-32-40-48-56-70(2)3/h70-76,81H,9-69H2,1-8H3,(H,86,87)(H,88,89)/t73?,74-,75-,76-/m1/s1. The van der Waals surface area contributed by atoms with Gasteiger partial charge in [-0.05, 0) is 49.4 Å². The smallest absolute Gasteiger partial charge is 0.462 e. The fourth-order valence-corrected chi connectivity index (χ4v) is 13.8. The van der Waals surface area contributed by atoms with Crippen molar-refractivity contribution in [1.82, 2.24) is 0 Å². The molecule has 0 rings (SSSR count). The van der Waals surface area contributed by atoms with Crippen molar-refractivity contribution in [3.8, 4) is 0 Å². The molecule has 6 atom stereocenters. The van der Waals surface area contributed by atoms with Gasteiger partial charge in [0.2, 0.25) is 0 Å². The number of carbonyl (C=O) groups excluding carboxylic acids is 4. The molecule has 0 aliphatic rings. The number of rotatable bonds is 77. The van der Waals surface area contributed by atoms with Gasteiger partial charge in [0.1, 0.15) is 19.3 Å². The van der Waals surface area contributed by atoms with E-state index in [0.29, 0.717) is 25.7 Å². The summed E-state index contributed by atoms with van der Waals surface area (Å²) in [5.41, 5.74) is 0. The highest BCUT2D eigenvalue weighted by Gasteiger charge is 2.30. The summed E-state index contributed by atoms with van der Waals surface area (Å²) >= 11 is 0. The van der Waals surface area contributed by atoms with Crippen LogP contribution in [-0.4, -0.2) is 96.7 Å². The third kappa shape index (κ3) is 72.8. The zero-order chi connectivity index (χ0) is 73.1. The van der Waals surface area contributed by atoms with E-state index in [1.807, 2.05) is 0 Å². The number of aliphatic hydroxyl groups is 1. The lowest BCUT2D eigenvalue weighted by molar-refractivity contribution is -0.161. The second kappa shape index (κ2) is 69.1. The Morgan fingerprint density at radius 3 is 0.717 bits per heavy atom. The Labute approximate surface area is 607 Å². The number of aliphatic hydroxyl groups excluding tert-OH is 1. The van der Waals surface area contributed by atoms with Crippen LogP contribution in [0.15, 0.2) is 0 Å². The Hall–Kier alpha value is -1.94. The van der Waals surface area contributed by atoms with Crippen LogP contribution in [0.1, 0.15) is 409 Å². The van der Waals surface area contributed by atoms with Gasteiger partial charge in [-0.2, -0.15) is 0 Å². The number of carbonyl (C=O) groups is 4. The minimum Gasteiger partial charge on any atom is -0.462 e. The highest BCUT2D eigenvalue weighted by atomic mass is 31.2. The average Bonchev–Trinajstić information content (AvgIpc) is 1.14. The average molecular weight is 1450 g/mol. The second-order valence-electron chi connectivity index (χ2n) is 30.5. The number of phosphoric acid groups is 2. The van der Waals surface area contributed by atoms with E-state index in [4.69, 9.17) is 37.0 Å². The van der Waals surface area contributed by atoms with E-state index in [9.17, 15) is 43.2 Å². The largest absolute Gasteiger partial charge is 0.472 e. The first-order valence-corrected chi connectivity index (χ1v) is 44.2. The quantitative estimate of drug-likeness (QED) is 0.0222. The Balaban J connectivity index is 5.25. The van der Waals surface area contributed by atoms with Crippen molar-refractivity contribution in [1.29, 1.82) is 0 Å². The molecule has 3 N–H and O–H groups in total. The van der Waals surface area contributed by atoms with E-state index in [0.717, 1.165) is 120 Å². The third-order valence-electron chi connectivity index (χ3n) is 18.9. The molecule has 17 nitrogen and oxygen atoms in total. The first-order chi connectivity index (χ1) is 47.6. The van der Waals surface area contributed by atoms with Crippen LogP contribution < -0.4 is 0 Å². The molecule has 0 aromatic carbocycles. The number of esters is 4. The number of phosphoric ester groups is 2. The van der Waals surface area contributed by atoms with Crippen molar-refractivity contribution >= 4 is 39.5 Å². The summed E-state index contributed by atoms with van der Waals surface area (Å²) in [4.78, 5) is 73.0. The van der Waals surface area contributed by atoms with E-state index < -0.39 is 97.5 Å². The lowest BCUT2D eigenvalue weighted by Gasteiger charge is -2.21. The van der Waals surface area contributed by atoms with E-state index in [1.54, 1.807) is 0 Å². The Kier molecular flexibility index (Phi) is 67.8. The Morgan fingerprint density at radius 1 is 0.283 bits per heavy atom. The molecule has 0 radical (unpaired) electrons. The molecule has 0 heterocycles. The molecule has 0 amide bonds. The molecule has 19 heteroatoms. The summed E-state index contributed by atoms with van der Waals surface area (Å²) in [5, 5.41) is 10.6. The van der Waals surface area contributed by atoms with Gasteiger partial charge < -0.3 is 33.8 Å². The van der Waals surface area contributed by atoms with Crippen LogP contribution in [0.3, 0.4) is 0 Å². The number of hydrogen-bond donors (Lipinski definition) is 3. The molecule has 0 aromatic rings. The molecule has 588 valence electrons. The fourth-order valence-electron chi connectivity index (χ4n) is 12.2.